The third-order valence-corrected chi connectivity index (χ3v) is 3.11. The van der Waals surface area contributed by atoms with E-state index in [2.05, 4.69) is 0 Å². The number of ether oxygens (including phenoxy) is 1. The van der Waals surface area contributed by atoms with Crippen LogP contribution in [0, 0.1) is 11.8 Å². The minimum atomic E-state index is 0.240. The molecule has 0 aromatic rings. The average molecular weight is 168 g/mol. The van der Waals surface area contributed by atoms with Crippen molar-refractivity contribution in [3.63, 3.8) is 0 Å². The summed E-state index contributed by atoms with van der Waals surface area (Å²) in [6.07, 6.45) is 5.79. The second-order valence-corrected chi connectivity index (χ2v) is 4.02. The molecule has 1 aliphatic heterocycles. The first-order chi connectivity index (χ1) is 5.86. The molecule has 0 N–H and O–H groups in total. The molecule has 1 saturated carbocycles. The molecule has 1 saturated heterocycles. The Morgan fingerprint density at radius 2 is 2.25 bits per heavy atom. The van der Waals surface area contributed by atoms with Gasteiger partial charge >= 0.3 is 0 Å². The van der Waals surface area contributed by atoms with Crippen LogP contribution in [-0.2, 0) is 9.53 Å². The molecule has 2 fully saturated rings. The second kappa shape index (κ2) is 3.56. The molecule has 1 unspecified atom stereocenters. The minimum absolute atomic E-state index is 0.240. The molecule has 0 aromatic heterocycles. The molecule has 1 heterocycles. The fourth-order valence-corrected chi connectivity index (χ4v) is 2.03. The molecule has 2 heteroatoms. The van der Waals surface area contributed by atoms with Gasteiger partial charge in [0, 0.05) is 12.3 Å². The van der Waals surface area contributed by atoms with Gasteiger partial charge in [0.15, 0.2) is 0 Å². The van der Waals surface area contributed by atoms with Crippen molar-refractivity contribution in [2.75, 3.05) is 13.2 Å². The largest absolute Gasteiger partial charge is 0.380 e. The van der Waals surface area contributed by atoms with Gasteiger partial charge in [0.2, 0.25) is 0 Å². The number of Topliss-reactive ketones (excluding diaryl/α,β-unsaturated/α-hetero) is 1. The Hall–Kier alpha value is -0.370. The van der Waals surface area contributed by atoms with Gasteiger partial charge in [-0.25, -0.2) is 0 Å². The number of hydrogen-bond acceptors (Lipinski definition) is 2. The second-order valence-electron chi connectivity index (χ2n) is 4.02. The molecular formula is C10H16O2. The summed E-state index contributed by atoms with van der Waals surface area (Å²) in [7, 11) is 0. The Bertz CT molecular complexity index is 173. The fourth-order valence-electron chi connectivity index (χ4n) is 2.03. The highest BCUT2D eigenvalue weighted by Crippen LogP contribution is 2.33. The Morgan fingerprint density at radius 3 is 2.83 bits per heavy atom. The lowest BCUT2D eigenvalue weighted by Crippen LogP contribution is -2.30. The topological polar surface area (TPSA) is 26.3 Å². The van der Waals surface area contributed by atoms with Crippen LogP contribution in [0.5, 0.6) is 0 Å². The van der Waals surface area contributed by atoms with Gasteiger partial charge in [0.05, 0.1) is 13.2 Å². The maximum absolute atomic E-state index is 11.4. The van der Waals surface area contributed by atoms with Crippen LogP contribution in [0.4, 0.5) is 0 Å². The van der Waals surface area contributed by atoms with Crippen molar-refractivity contribution >= 4 is 5.78 Å². The van der Waals surface area contributed by atoms with E-state index in [0.29, 0.717) is 25.4 Å². The standard InChI is InChI=1S/C10H16O2/c11-10-4-5-12-7-9(10)6-8-2-1-3-8/h8-9H,1-7H2. The highest BCUT2D eigenvalue weighted by atomic mass is 16.5. The van der Waals surface area contributed by atoms with Crippen LogP contribution < -0.4 is 0 Å². The quantitative estimate of drug-likeness (QED) is 0.628. The molecule has 1 atom stereocenters. The molecule has 68 valence electrons. The average Bonchev–Trinajstić information content (AvgIpc) is 2.00. The van der Waals surface area contributed by atoms with E-state index in [4.69, 9.17) is 4.74 Å². The Kier molecular flexibility index (Phi) is 2.45. The lowest BCUT2D eigenvalue weighted by atomic mass is 9.77. The van der Waals surface area contributed by atoms with Crippen LogP contribution in [0.25, 0.3) is 0 Å². The van der Waals surface area contributed by atoms with Gasteiger partial charge in [-0.05, 0) is 12.3 Å². The SMILES string of the molecule is O=C1CCOCC1CC1CCC1. The van der Waals surface area contributed by atoms with E-state index < -0.39 is 0 Å². The van der Waals surface area contributed by atoms with Gasteiger partial charge in [-0.3, -0.25) is 4.79 Å². The van der Waals surface area contributed by atoms with Crippen molar-refractivity contribution in [2.45, 2.75) is 32.1 Å². The van der Waals surface area contributed by atoms with Crippen LogP contribution in [-0.4, -0.2) is 19.0 Å². The van der Waals surface area contributed by atoms with E-state index in [1.165, 1.54) is 19.3 Å². The lowest BCUT2D eigenvalue weighted by Gasteiger charge is -2.30. The summed E-state index contributed by atoms with van der Waals surface area (Å²) in [6, 6.07) is 0. The number of hydrogen-bond donors (Lipinski definition) is 0. The van der Waals surface area contributed by atoms with Gasteiger partial charge in [-0.1, -0.05) is 19.3 Å². The first-order valence-electron chi connectivity index (χ1n) is 4.96. The lowest BCUT2D eigenvalue weighted by molar-refractivity contribution is -0.131. The highest BCUT2D eigenvalue weighted by molar-refractivity contribution is 5.81. The highest BCUT2D eigenvalue weighted by Gasteiger charge is 2.28. The maximum Gasteiger partial charge on any atom is 0.140 e. The van der Waals surface area contributed by atoms with Crippen LogP contribution in [0.3, 0.4) is 0 Å². The van der Waals surface area contributed by atoms with Crippen LogP contribution in [0.15, 0.2) is 0 Å². The Labute approximate surface area is 73.3 Å². The molecule has 1 aliphatic carbocycles. The van der Waals surface area contributed by atoms with Crippen LogP contribution >= 0.6 is 0 Å². The summed E-state index contributed by atoms with van der Waals surface area (Å²) in [5.41, 5.74) is 0. The van der Waals surface area contributed by atoms with Crippen LogP contribution in [0.1, 0.15) is 32.1 Å². The molecule has 2 rings (SSSR count). The predicted octanol–water partition coefficient (Wildman–Crippen LogP) is 1.78. The third kappa shape index (κ3) is 1.69. The smallest absolute Gasteiger partial charge is 0.140 e. The monoisotopic (exact) mass is 168 g/mol. The fraction of sp³-hybridized carbons (Fsp3) is 0.900. The molecule has 0 amide bonds. The summed E-state index contributed by atoms with van der Waals surface area (Å²) in [6.45, 7) is 1.34. The molecule has 0 bridgehead atoms. The van der Waals surface area contributed by atoms with E-state index in [0.717, 1.165) is 12.3 Å². The zero-order chi connectivity index (χ0) is 8.39. The normalized spacial score (nSPS) is 31.7. The van der Waals surface area contributed by atoms with Crippen molar-refractivity contribution < 1.29 is 9.53 Å². The van der Waals surface area contributed by atoms with E-state index in [-0.39, 0.29) is 5.92 Å². The van der Waals surface area contributed by atoms with Gasteiger partial charge in [0.25, 0.3) is 0 Å². The molecular weight excluding hydrogens is 152 g/mol. The first-order valence-corrected chi connectivity index (χ1v) is 4.96. The van der Waals surface area contributed by atoms with Gasteiger partial charge in [0.1, 0.15) is 5.78 Å². The van der Waals surface area contributed by atoms with Gasteiger partial charge in [-0.15, -0.1) is 0 Å². The van der Waals surface area contributed by atoms with Crippen molar-refractivity contribution in [3.05, 3.63) is 0 Å². The van der Waals surface area contributed by atoms with Gasteiger partial charge < -0.3 is 4.74 Å². The van der Waals surface area contributed by atoms with E-state index >= 15 is 0 Å². The molecule has 0 aromatic carbocycles. The molecule has 2 nitrogen and oxygen atoms in total. The van der Waals surface area contributed by atoms with Crippen molar-refractivity contribution in [1.82, 2.24) is 0 Å². The van der Waals surface area contributed by atoms with Crippen molar-refractivity contribution in [2.24, 2.45) is 11.8 Å². The van der Waals surface area contributed by atoms with E-state index in [1.807, 2.05) is 0 Å². The van der Waals surface area contributed by atoms with Crippen molar-refractivity contribution in [1.29, 1.82) is 0 Å². The number of rotatable bonds is 2. The first kappa shape index (κ1) is 8.24. The summed E-state index contributed by atoms with van der Waals surface area (Å²) < 4.78 is 5.30. The minimum Gasteiger partial charge on any atom is -0.380 e. The van der Waals surface area contributed by atoms with Crippen LogP contribution in [0.2, 0.25) is 0 Å². The van der Waals surface area contributed by atoms with E-state index in [1.54, 1.807) is 0 Å². The number of ketones is 1. The predicted molar refractivity (Wildman–Crippen MR) is 45.9 cm³/mol. The zero-order valence-corrected chi connectivity index (χ0v) is 7.42. The molecule has 2 aliphatic rings. The number of carbonyl (C=O) groups excluding carboxylic acids is 1. The Balaban J connectivity index is 1.80. The maximum atomic E-state index is 11.4. The third-order valence-electron chi connectivity index (χ3n) is 3.11. The molecule has 0 radical (unpaired) electrons. The zero-order valence-electron chi connectivity index (χ0n) is 7.42. The van der Waals surface area contributed by atoms with E-state index in [9.17, 15) is 4.79 Å². The summed E-state index contributed by atoms with van der Waals surface area (Å²) in [4.78, 5) is 11.4. The molecule has 12 heavy (non-hydrogen) atoms. The van der Waals surface area contributed by atoms with Crippen molar-refractivity contribution in [3.8, 4) is 0 Å². The summed E-state index contributed by atoms with van der Waals surface area (Å²) >= 11 is 0. The summed E-state index contributed by atoms with van der Waals surface area (Å²) in [5.74, 6) is 1.51. The molecule has 0 spiro atoms. The summed E-state index contributed by atoms with van der Waals surface area (Å²) in [5, 5.41) is 0. The van der Waals surface area contributed by atoms with Gasteiger partial charge in [-0.2, -0.15) is 0 Å². The number of carbonyl (C=O) groups is 1. The Morgan fingerprint density at radius 1 is 1.42 bits per heavy atom.